The van der Waals surface area contributed by atoms with Gasteiger partial charge in [0.25, 0.3) is 0 Å². The van der Waals surface area contributed by atoms with Gasteiger partial charge in [0.15, 0.2) is 0 Å². The lowest BCUT2D eigenvalue weighted by molar-refractivity contribution is -0.133. The van der Waals surface area contributed by atoms with Crippen molar-refractivity contribution in [2.24, 2.45) is 5.92 Å². The molecule has 0 aromatic heterocycles. The number of amides is 3. The van der Waals surface area contributed by atoms with Gasteiger partial charge in [-0.2, -0.15) is 13.2 Å². The number of urea groups is 1. The van der Waals surface area contributed by atoms with Crippen molar-refractivity contribution in [1.82, 2.24) is 15.5 Å². The third kappa shape index (κ3) is 5.58. The lowest BCUT2D eigenvalue weighted by atomic mass is 9.83. The molecule has 3 amide bonds. The maximum absolute atomic E-state index is 12.6. The summed E-state index contributed by atoms with van der Waals surface area (Å²) >= 11 is 0. The molecule has 23 heavy (non-hydrogen) atoms. The summed E-state index contributed by atoms with van der Waals surface area (Å²) < 4.78 is 36.6. The summed E-state index contributed by atoms with van der Waals surface area (Å²) in [6.07, 6.45) is 2.12. The van der Waals surface area contributed by atoms with Crippen LogP contribution in [0.25, 0.3) is 0 Å². The molecule has 0 radical (unpaired) electrons. The molecule has 1 saturated carbocycles. The van der Waals surface area contributed by atoms with Gasteiger partial charge < -0.3 is 15.5 Å². The van der Waals surface area contributed by atoms with E-state index in [2.05, 4.69) is 5.32 Å². The standard InChI is InChI=1S/C15H24F3N3O2/c16-15(17,18)10-19-14(23)20-12(11-6-2-1-3-7-11)13(22)21-8-4-5-9-21/h11-12H,1-10H2,(H2,19,20,23)/t12-/m0/s1. The summed E-state index contributed by atoms with van der Waals surface area (Å²) in [5.74, 6) is -0.148. The number of alkyl halides is 3. The van der Waals surface area contributed by atoms with Crippen LogP contribution in [0.15, 0.2) is 0 Å². The van der Waals surface area contributed by atoms with Crippen LogP contribution in [0.3, 0.4) is 0 Å². The zero-order valence-corrected chi connectivity index (χ0v) is 13.1. The number of nitrogens with zero attached hydrogens (tertiary/aromatic N) is 1. The maximum atomic E-state index is 12.6. The van der Waals surface area contributed by atoms with E-state index in [4.69, 9.17) is 0 Å². The van der Waals surface area contributed by atoms with Crippen molar-refractivity contribution in [3.05, 3.63) is 0 Å². The van der Waals surface area contributed by atoms with Gasteiger partial charge in [-0.15, -0.1) is 0 Å². The van der Waals surface area contributed by atoms with Crippen LogP contribution in [0.4, 0.5) is 18.0 Å². The van der Waals surface area contributed by atoms with Gasteiger partial charge in [0.2, 0.25) is 5.91 Å². The van der Waals surface area contributed by atoms with Crippen LogP contribution in [-0.2, 0) is 4.79 Å². The van der Waals surface area contributed by atoms with Crippen LogP contribution in [0, 0.1) is 5.92 Å². The summed E-state index contributed by atoms with van der Waals surface area (Å²) in [5, 5.41) is 4.29. The number of nitrogens with one attached hydrogen (secondary N) is 2. The predicted molar refractivity (Wildman–Crippen MR) is 78.8 cm³/mol. The lowest BCUT2D eigenvalue weighted by Crippen LogP contribution is -2.55. The molecule has 2 rings (SSSR count). The van der Waals surface area contributed by atoms with Crippen molar-refractivity contribution < 1.29 is 22.8 Å². The second kappa shape index (κ2) is 7.88. The van der Waals surface area contributed by atoms with E-state index in [1.54, 1.807) is 10.2 Å². The number of hydrogen-bond acceptors (Lipinski definition) is 2. The largest absolute Gasteiger partial charge is 0.405 e. The number of halogens is 3. The van der Waals surface area contributed by atoms with Gasteiger partial charge in [0.05, 0.1) is 0 Å². The van der Waals surface area contributed by atoms with Crippen molar-refractivity contribution in [2.45, 2.75) is 57.2 Å². The molecule has 5 nitrogen and oxygen atoms in total. The van der Waals surface area contributed by atoms with Gasteiger partial charge in [-0.25, -0.2) is 4.79 Å². The third-order valence-electron chi connectivity index (χ3n) is 4.54. The zero-order valence-electron chi connectivity index (χ0n) is 13.1. The molecule has 0 unspecified atom stereocenters. The van der Waals surface area contributed by atoms with Crippen LogP contribution in [-0.4, -0.2) is 48.7 Å². The SMILES string of the molecule is O=C(NCC(F)(F)F)N[C@H](C(=O)N1CCCC1)C1CCCCC1. The molecular weight excluding hydrogens is 311 g/mol. The molecule has 1 atom stereocenters. The molecule has 0 spiro atoms. The third-order valence-corrected chi connectivity index (χ3v) is 4.54. The zero-order chi connectivity index (χ0) is 16.9. The van der Waals surface area contributed by atoms with Gasteiger partial charge in [-0.3, -0.25) is 4.79 Å². The number of rotatable bonds is 4. The van der Waals surface area contributed by atoms with E-state index in [-0.39, 0.29) is 11.8 Å². The van der Waals surface area contributed by atoms with Gasteiger partial charge in [-0.05, 0) is 31.6 Å². The Kier molecular flexibility index (Phi) is 6.12. The first kappa shape index (κ1) is 17.9. The molecule has 0 bridgehead atoms. The van der Waals surface area contributed by atoms with Crippen molar-refractivity contribution in [3.8, 4) is 0 Å². The van der Waals surface area contributed by atoms with E-state index in [0.717, 1.165) is 44.9 Å². The van der Waals surface area contributed by atoms with Gasteiger partial charge in [0, 0.05) is 13.1 Å². The second-order valence-electron chi connectivity index (χ2n) is 6.35. The van der Waals surface area contributed by atoms with Crippen LogP contribution >= 0.6 is 0 Å². The Labute approximate surface area is 134 Å². The predicted octanol–water partition coefficient (Wildman–Crippen LogP) is 2.42. The van der Waals surface area contributed by atoms with Crippen LogP contribution in [0.1, 0.15) is 44.9 Å². The maximum Gasteiger partial charge on any atom is 0.405 e. The van der Waals surface area contributed by atoms with Gasteiger partial charge in [-0.1, -0.05) is 19.3 Å². The monoisotopic (exact) mass is 335 g/mol. The number of carbonyl (C=O) groups excluding carboxylic acids is 2. The minimum absolute atomic E-state index is 0.00786. The summed E-state index contributed by atoms with van der Waals surface area (Å²) in [5.41, 5.74) is 0. The van der Waals surface area contributed by atoms with Crippen LogP contribution in [0.5, 0.6) is 0 Å². The molecule has 0 aromatic carbocycles. The fraction of sp³-hybridized carbons (Fsp3) is 0.867. The van der Waals surface area contributed by atoms with E-state index in [0.29, 0.717) is 13.1 Å². The Morgan fingerprint density at radius 2 is 1.65 bits per heavy atom. The van der Waals surface area contributed by atoms with E-state index < -0.39 is 24.8 Å². The minimum atomic E-state index is -4.46. The average Bonchev–Trinajstić information content (AvgIpc) is 3.04. The molecule has 0 aromatic rings. The second-order valence-corrected chi connectivity index (χ2v) is 6.35. The highest BCUT2D eigenvalue weighted by atomic mass is 19.4. The molecule has 2 aliphatic rings. The molecular formula is C15H24F3N3O2. The Bertz CT molecular complexity index is 417. The van der Waals surface area contributed by atoms with E-state index in [9.17, 15) is 22.8 Å². The summed E-state index contributed by atoms with van der Waals surface area (Å²) in [7, 11) is 0. The fourth-order valence-corrected chi connectivity index (χ4v) is 3.36. The average molecular weight is 335 g/mol. The van der Waals surface area contributed by atoms with Crippen LogP contribution in [0.2, 0.25) is 0 Å². The molecule has 1 aliphatic carbocycles. The number of likely N-dealkylation sites (tertiary alicyclic amines) is 1. The first-order valence-corrected chi connectivity index (χ1v) is 8.27. The molecule has 2 N–H and O–H groups in total. The summed E-state index contributed by atoms with van der Waals surface area (Å²) in [6, 6.07) is -1.65. The van der Waals surface area contributed by atoms with Crippen molar-refractivity contribution in [2.75, 3.05) is 19.6 Å². The normalized spacial score (nSPS) is 21.1. The van der Waals surface area contributed by atoms with E-state index >= 15 is 0 Å². The quantitative estimate of drug-likeness (QED) is 0.829. The van der Waals surface area contributed by atoms with Crippen molar-refractivity contribution in [3.63, 3.8) is 0 Å². The fourth-order valence-electron chi connectivity index (χ4n) is 3.36. The highest BCUT2D eigenvalue weighted by molar-refractivity contribution is 5.87. The Morgan fingerprint density at radius 3 is 2.22 bits per heavy atom. The highest BCUT2D eigenvalue weighted by Gasteiger charge is 2.35. The van der Waals surface area contributed by atoms with Crippen molar-refractivity contribution in [1.29, 1.82) is 0 Å². The molecule has 1 saturated heterocycles. The molecule has 132 valence electrons. The van der Waals surface area contributed by atoms with E-state index in [1.165, 1.54) is 0 Å². The Hall–Kier alpha value is -1.47. The first-order valence-electron chi connectivity index (χ1n) is 8.27. The molecule has 1 heterocycles. The minimum Gasteiger partial charge on any atom is -0.341 e. The molecule has 2 fully saturated rings. The Morgan fingerprint density at radius 1 is 1.04 bits per heavy atom. The van der Waals surface area contributed by atoms with Gasteiger partial charge in [0.1, 0.15) is 12.6 Å². The van der Waals surface area contributed by atoms with Gasteiger partial charge >= 0.3 is 12.2 Å². The van der Waals surface area contributed by atoms with E-state index in [1.807, 2.05) is 0 Å². The lowest BCUT2D eigenvalue weighted by Gasteiger charge is -2.32. The summed E-state index contributed by atoms with van der Waals surface area (Å²) in [6.45, 7) is -0.0735. The summed E-state index contributed by atoms with van der Waals surface area (Å²) in [4.78, 5) is 26.1. The molecule has 1 aliphatic heterocycles. The number of hydrogen-bond donors (Lipinski definition) is 2. The first-order chi connectivity index (χ1) is 10.9. The smallest absolute Gasteiger partial charge is 0.341 e. The Balaban J connectivity index is 1.97. The van der Waals surface area contributed by atoms with Crippen molar-refractivity contribution >= 4 is 11.9 Å². The topological polar surface area (TPSA) is 61.4 Å². The van der Waals surface area contributed by atoms with Crippen LogP contribution < -0.4 is 10.6 Å². The molecule has 8 heteroatoms. The number of carbonyl (C=O) groups is 2. The highest BCUT2D eigenvalue weighted by Crippen LogP contribution is 2.28.